The van der Waals surface area contributed by atoms with Crippen LogP contribution in [0.1, 0.15) is 47.0 Å². The van der Waals surface area contributed by atoms with Crippen molar-refractivity contribution in [2.45, 2.75) is 47.0 Å². The van der Waals surface area contributed by atoms with Crippen molar-refractivity contribution in [3.63, 3.8) is 0 Å². The Kier molecular flexibility index (Phi) is 14.8. The highest BCUT2D eigenvalue weighted by Crippen LogP contribution is 1.88. The van der Waals surface area contributed by atoms with Crippen molar-refractivity contribution >= 4 is 0 Å². The van der Waals surface area contributed by atoms with Crippen LogP contribution >= 0.6 is 0 Å². The Morgan fingerprint density at radius 3 is 1.40 bits per heavy atom. The lowest BCUT2D eigenvalue weighted by Crippen LogP contribution is -2.05. The maximum absolute atomic E-state index is 5.17. The van der Waals surface area contributed by atoms with Gasteiger partial charge in [0.25, 0.3) is 0 Å². The molecule has 0 aromatic heterocycles. The number of nitrogens with two attached hydrogens (primary N) is 1. The molecule has 0 aliphatic rings. The lowest BCUT2D eigenvalue weighted by Gasteiger charge is -1.91. The molecule has 0 aromatic carbocycles. The predicted octanol–water partition coefficient (Wildman–Crippen LogP) is 2.80. The molecular weight excluding hydrogens is 122 g/mol. The summed E-state index contributed by atoms with van der Waals surface area (Å²) in [7, 11) is 0. The number of hydrogen-bond acceptors (Lipinski definition) is 1. The molecule has 0 heterocycles. The molecule has 0 amide bonds. The second-order valence-corrected chi connectivity index (χ2v) is 2.98. The molecule has 1 nitrogen and oxygen atoms in total. The van der Waals surface area contributed by atoms with Crippen molar-refractivity contribution in [1.29, 1.82) is 0 Å². The van der Waals surface area contributed by atoms with Gasteiger partial charge in [-0.3, -0.25) is 0 Å². The summed E-state index contributed by atoms with van der Waals surface area (Å²) in [4.78, 5) is 0. The smallest absolute Gasteiger partial charge is 0.00541 e. The number of hydrogen-bond donors (Lipinski definition) is 1. The Bertz CT molecular complexity index is 40.0. The molecule has 0 spiro atoms. The molecule has 0 rings (SSSR count). The van der Waals surface area contributed by atoms with E-state index in [1.807, 2.05) is 0 Å². The molecule has 0 saturated carbocycles. The van der Waals surface area contributed by atoms with E-state index in [0.717, 1.165) is 6.54 Å². The second-order valence-electron chi connectivity index (χ2n) is 2.98. The van der Waals surface area contributed by atoms with Gasteiger partial charge in [0.1, 0.15) is 0 Å². The van der Waals surface area contributed by atoms with Gasteiger partial charge in [0.05, 0.1) is 0 Å². The van der Waals surface area contributed by atoms with Crippen LogP contribution in [-0.4, -0.2) is 6.54 Å². The zero-order chi connectivity index (χ0) is 8.41. The fourth-order valence-corrected chi connectivity index (χ4v) is 0.354. The second kappa shape index (κ2) is 11.7. The van der Waals surface area contributed by atoms with E-state index in [-0.39, 0.29) is 0 Å². The Labute approximate surface area is 66.0 Å². The molecular formula is C9H23N. The molecule has 0 radical (unpaired) electrons. The fourth-order valence-electron chi connectivity index (χ4n) is 0.354. The summed E-state index contributed by atoms with van der Waals surface area (Å²) in [6, 6.07) is 0. The van der Waals surface area contributed by atoms with Gasteiger partial charge in [-0.2, -0.15) is 0 Å². The summed E-state index contributed by atoms with van der Waals surface area (Å²) in [5.41, 5.74) is 5.17. The highest BCUT2D eigenvalue weighted by atomic mass is 14.5. The fraction of sp³-hybridized carbons (Fsp3) is 1.00. The van der Waals surface area contributed by atoms with E-state index in [9.17, 15) is 0 Å². The monoisotopic (exact) mass is 145 g/mol. The zero-order valence-corrected chi connectivity index (χ0v) is 7.98. The SMILES string of the molecule is CC(C)CN.CCCCC. The van der Waals surface area contributed by atoms with Gasteiger partial charge in [-0.05, 0) is 12.5 Å². The minimum absolute atomic E-state index is 0.662. The van der Waals surface area contributed by atoms with Crippen LogP contribution in [0.4, 0.5) is 0 Å². The van der Waals surface area contributed by atoms with Crippen LogP contribution in [0.2, 0.25) is 0 Å². The van der Waals surface area contributed by atoms with Crippen LogP contribution in [0, 0.1) is 5.92 Å². The van der Waals surface area contributed by atoms with Crippen molar-refractivity contribution in [2.24, 2.45) is 11.7 Å². The van der Waals surface area contributed by atoms with E-state index in [1.54, 1.807) is 0 Å². The topological polar surface area (TPSA) is 26.0 Å². The highest BCUT2D eigenvalue weighted by Gasteiger charge is 1.80. The van der Waals surface area contributed by atoms with Crippen molar-refractivity contribution < 1.29 is 0 Å². The van der Waals surface area contributed by atoms with Gasteiger partial charge in [-0.25, -0.2) is 0 Å². The molecule has 64 valence electrons. The third-order valence-electron chi connectivity index (χ3n) is 1.18. The van der Waals surface area contributed by atoms with Crippen LogP contribution in [0.3, 0.4) is 0 Å². The summed E-state index contributed by atoms with van der Waals surface area (Å²) >= 11 is 0. The lowest BCUT2D eigenvalue weighted by molar-refractivity contribution is 0.664. The maximum Gasteiger partial charge on any atom is -0.00541 e. The Balaban J connectivity index is 0. The van der Waals surface area contributed by atoms with Gasteiger partial charge in [0.15, 0.2) is 0 Å². The normalized spacial score (nSPS) is 9.00. The predicted molar refractivity (Wildman–Crippen MR) is 49.1 cm³/mol. The molecule has 0 atom stereocenters. The molecule has 1 heteroatoms. The minimum atomic E-state index is 0.662. The molecule has 0 bridgehead atoms. The van der Waals surface area contributed by atoms with Crippen molar-refractivity contribution in [3.8, 4) is 0 Å². The molecule has 0 aliphatic heterocycles. The van der Waals surface area contributed by atoms with E-state index >= 15 is 0 Å². The molecule has 0 unspecified atom stereocenters. The van der Waals surface area contributed by atoms with Gasteiger partial charge >= 0.3 is 0 Å². The zero-order valence-electron chi connectivity index (χ0n) is 7.98. The summed E-state index contributed by atoms with van der Waals surface area (Å²) < 4.78 is 0. The molecule has 10 heavy (non-hydrogen) atoms. The quantitative estimate of drug-likeness (QED) is 0.649. The van der Waals surface area contributed by atoms with Crippen LogP contribution in [0.15, 0.2) is 0 Å². The van der Waals surface area contributed by atoms with Crippen LogP contribution < -0.4 is 5.73 Å². The summed E-state index contributed by atoms with van der Waals surface area (Å²) in [6.07, 6.45) is 4.08. The van der Waals surface area contributed by atoms with E-state index in [0.29, 0.717) is 5.92 Å². The van der Waals surface area contributed by atoms with Gasteiger partial charge in [-0.1, -0.05) is 47.0 Å². The number of rotatable bonds is 3. The molecule has 0 saturated heterocycles. The van der Waals surface area contributed by atoms with E-state index in [4.69, 9.17) is 5.73 Å². The maximum atomic E-state index is 5.17. The average molecular weight is 145 g/mol. The minimum Gasteiger partial charge on any atom is -0.330 e. The Hall–Kier alpha value is -0.0400. The van der Waals surface area contributed by atoms with Gasteiger partial charge in [0.2, 0.25) is 0 Å². The van der Waals surface area contributed by atoms with Gasteiger partial charge in [-0.15, -0.1) is 0 Å². The van der Waals surface area contributed by atoms with Crippen LogP contribution in [0.25, 0.3) is 0 Å². The average Bonchev–Trinajstić information content (AvgIpc) is 1.91. The first-order valence-corrected chi connectivity index (χ1v) is 4.39. The third kappa shape index (κ3) is 24.6. The van der Waals surface area contributed by atoms with Crippen LogP contribution in [-0.2, 0) is 0 Å². The van der Waals surface area contributed by atoms with Crippen LogP contribution in [0.5, 0.6) is 0 Å². The van der Waals surface area contributed by atoms with Crippen molar-refractivity contribution in [1.82, 2.24) is 0 Å². The first-order chi connectivity index (χ1) is 4.68. The van der Waals surface area contributed by atoms with E-state index < -0.39 is 0 Å². The third-order valence-corrected chi connectivity index (χ3v) is 1.18. The molecule has 2 N–H and O–H groups in total. The van der Waals surface area contributed by atoms with E-state index in [2.05, 4.69) is 27.7 Å². The first-order valence-electron chi connectivity index (χ1n) is 4.39. The summed E-state index contributed by atoms with van der Waals surface area (Å²) in [5, 5.41) is 0. The molecule has 0 fully saturated rings. The lowest BCUT2D eigenvalue weighted by atomic mass is 10.2. The first kappa shape index (κ1) is 12.6. The summed E-state index contributed by atoms with van der Waals surface area (Å²) in [5.74, 6) is 0.662. The standard InChI is InChI=1S/C5H12.C4H11N/c1-3-5-4-2;1-4(2)3-5/h3-5H2,1-2H3;4H,3,5H2,1-2H3. The van der Waals surface area contributed by atoms with Gasteiger partial charge in [0, 0.05) is 0 Å². The Morgan fingerprint density at radius 2 is 1.40 bits per heavy atom. The van der Waals surface area contributed by atoms with E-state index in [1.165, 1.54) is 19.3 Å². The molecule has 0 aliphatic carbocycles. The number of unbranched alkanes of at least 4 members (excludes halogenated alkanes) is 2. The largest absolute Gasteiger partial charge is 0.330 e. The van der Waals surface area contributed by atoms with Crippen molar-refractivity contribution in [3.05, 3.63) is 0 Å². The van der Waals surface area contributed by atoms with Crippen molar-refractivity contribution in [2.75, 3.05) is 6.54 Å². The molecule has 0 aromatic rings. The Morgan fingerprint density at radius 1 is 1.10 bits per heavy atom. The summed E-state index contributed by atoms with van der Waals surface area (Å²) in [6.45, 7) is 9.42. The highest BCUT2D eigenvalue weighted by molar-refractivity contribution is 4.38. The van der Waals surface area contributed by atoms with Gasteiger partial charge < -0.3 is 5.73 Å².